The Morgan fingerprint density at radius 2 is 1.88 bits per heavy atom. The third-order valence-electron chi connectivity index (χ3n) is 3.37. The number of hydrazone groups is 1. The molecule has 0 radical (unpaired) electrons. The summed E-state index contributed by atoms with van der Waals surface area (Å²) in [5.74, 6) is 0. The van der Waals surface area contributed by atoms with E-state index in [9.17, 15) is 18.4 Å². The maximum absolute atomic E-state index is 12.7. The van der Waals surface area contributed by atoms with Crippen molar-refractivity contribution in [1.29, 1.82) is 5.26 Å². The average molecular weight is 372 g/mol. The van der Waals surface area contributed by atoms with Gasteiger partial charge in [0.2, 0.25) is 0 Å². The van der Waals surface area contributed by atoms with E-state index in [-0.39, 0.29) is 11.4 Å². The molecule has 2 aromatic carbocycles. The highest BCUT2D eigenvalue weighted by molar-refractivity contribution is 7.12. The van der Waals surface area contributed by atoms with Gasteiger partial charge in [-0.1, -0.05) is 36.4 Å². The molecule has 0 spiro atoms. The van der Waals surface area contributed by atoms with Crippen molar-refractivity contribution in [3.05, 3.63) is 70.5 Å². The van der Waals surface area contributed by atoms with Crippen molar-refractivity contribution in [3.8, 4) is 17.3 Å². The zero-order valence-electron chi connectivity index (χ0n) is 13.2. The van der Waals surface area contributed by atoms with E-state index in [0.717, 1.165) is 17.7 Å². The van der Waals surface area contributed by atoms with Gasteiger partial charge in [-0.25, -0.2) is 4.98 Å². The molecule has 4 nitrogen and oxygen atoms in total. The first-order valence-corrected chi connectivity index (χ1v) is 8.28. The van der Waals surface area contributed by atoms with E-state index in [4.69, 9.17) is 0 Å². The van der Waals surface area contributed by atoms with Gasteiger partial charge >= 0.3 is 6.18 Å². The predicted octanol–water partition coefficient (Wildman–Crippen LogP) is 5.17. The summed E-state index contributed by atoms with van der Waals surface area (Å²) in [6.45, 7) is 0. The van der Waals surface area contributed by atoms with Crippen LogP contribution in [0.1, 0.15) is 10.6 Å². The van der Waals surface area contributed by atoms with Crippen molar-refractivity contribution in [2.24, 2.45) is 5.10 Å². The first-order valence-electron chi connectivity index (χ1n) is 7.40. The van der Waals surface area contributed by atoms with Gasteiger partial charge in [-0.05, 0) is 18.2 Å². The molecule has 26 heavy (non-hydrogen) atoms. The topological polar surface area (TPSA) is 61.1 Å². The number of hydrogen-bond acceptors (Lipinski definition) is 5. The second kappa shape index (κ2) is 7.37. The number of benzene rings is 2. The van der Waals surface area contributed by atoms with Crippen LogP contribution in [-0.2, 0) is 6.18 Å². The highest BCUT2D eigenvalue weighted by Gasteiger charge is 2.30. The molecular weight excluding hydrogens is 361 g/mol. The predicted molar refractivity (Wildman–Crippen MR) is 94.8 cm³/mol. The Hall–Kier alpha value is -3.18. The van der Waals surface area contributed by atoms with E-state index < -0.39 is 11.7 Å². The van der Waals surface area contributed by atoms with E-state index in [0.29, 0.717) is 10.7 Å². The third-order valence-corrected chi connectivity index (χ3v) is 4.22. The van der Waals surface area contributed by atoms with Gasteiger partial charge in [-0.15, -0.1) is 11.3 Å². The number of nitriles is 1. The van der Waals surface area contributed by atoms with Gasteiger partial charge in [0.05, 0.1) is 16.9 Å². The van der Waals surface area contributed by atoms with Gasteiger partial charge in [-0.3, -0.25) is 5.43 Å². The number of anilines is 1. The number of halogens is 3. The van der Waals surface area contributed by atoms with Crippen LogP contribution in [0, 0.1) is 11.3 Å². The molecule has 8 heteroatoms. The summed E-state index contributed by atoms with van der Waals surface area (Å²) in [6.07, 6.45) is -4.45. The van der Waals surface area contributed by atoms with Crippen molar-refractivity contribution >= 4 is 22.7 Å². The summed E-state index contributed by atoms with van der Waals surface area (Å²) in [5.41, 5.74) is 3.42. The molecule has 0 aliphatic carbocycles. The fraction of sp³-hybridized carbons (Fsp3) is 0.0556. The summed E-state index contributed by atoms with van der Waals surface area (Å²) in [6, 6.07) is 15.9. The summed E-state index contributed by atoms with van der Waals surface area (Å²) in [4.78, 5) is 4.37. The number of alkyl halides is 3. The first kappa shape index (κ1) is 17.6. The number of aromatic nitrogens is 1. The normalized spacial score (nSPS) is 11.8. The lowest BCUT2D eigenvalue weighted by molar-refractivity contribution is -0.137. The minimum Gasteiger partial charge on any atom is -0.277 e. The highest BCUT2D eigenvalue weighted by atomic mass is 32.1. The average Bonchev–Trinajstić information content (AvgIpc) is 3.13. The van der Waals surface area contributed by atoms with Crippen molar-refractivity contribution in [3.63, 3.8) is 0 Å². The molecule has 0 bridgehead atoms. The second-order valence-electron chi connectivity index (χ2n) is 5.17. The van der Waals surface area contributed by atoms with Crippen LogP contribution in [0.4, 0.5) is 18.9 Å². The van der Waals surface area contributed by atoms with E-state index in [1.807, 2.05) is 36.4 Å². The highest BCUT2D eigenvalue weighted by Crippen LogP contribution is 2.30. The fourth-order valence-corrected chi connectivity index (χ4v) is 2.90. The van der Waals surface area contributed by atoms with Crippen molar-refractivity contribution in [1.82, 2.24) is 4.98 Å². The van der Waals surface area contributed by atoms with E-state index in [1.165, 1.54) is 23.5 Å². The number of nitrogens with zero attached hydrogens (tertiary/aromatic N) is 3. The lowest BCUT2D eigenvalue weighted by Gasteiger charge is -2.08. The molecule has 0 unspecified atom stereocenters. The Labute approximate surface area is 151 Å². The Morgan fingerprint density at radius 3 is 2.58 bits per heavy atom. The second-order valence-corrected chi connectivity index (χ2v) is 6.02. The maximum atomic E-state index is 12.7. The first-order chi connectivity index (χ1) is 12.5. The van der Waals surface area contributed by atoms with E-state index >= 15 is 0 Å². The number of thiazole rings is 1. The van der Waals surface area contributed by atoms with Crippen LogP contribution in [0.25, 0.3) is 11.3 Å². The molecule has 3 rings (SSSR count). The Balaban J connectivity index is 1.82. The summed E-state index contributed by atoms with van der Waals surface area (Å²) in [7, 11) is 0. The largest absolute Gasteiger partial charge is 0.416 e. The Kier molecular flexibility index (Phi) is 5.00. The molecule has 0 saturated carbocycles. The maximum Gasteiger partial charge on any atom is 0.416 e. The SMILES string of the molecule is N#C/C(=N\Nc1cccc(C(F)(F)F)c1)c1nc(-c2ccccc2)cs1. The minimum atomic E-state index is -4.45. The smallest absolute Gasteiger partial charge is 0.277 e. The molecule has 1 aromatic heterocycles. The molecule has 0 amide bonds. The lowest BCUT2D eigenvalue weighted by Crippen LogP contribution is -2.06. The van der Waals surface area contributed by atoms with Gasteiger partial charge in [-0.2, -0.15) is 23.5 Å². The molecule has 0 fully saturated rings. The van der Waals surface area contributed by atoms with Crippen LogP contribution < -0.4 is 5.43 Å². The lowest BCUT2D eigenvalue weighted by atomic mass is 10.2. The van der Waals surface area contributed by atoms with Gasteiger partial charge in [0.1, 0.15) is 6.07 Å². The van der Waals surface area contributed by atoms with Gasteiger partial charge in [0.25, 0.3) is 0 Å². The fourth-order valence-electron chi connectivity index (χ4n) is 2.13. The van der Waals surface area contributed by atoms with Gasteiger partial charge < -0.3 is 0 Å². The van der Waals surface area contributed by atoms with Crippen LogP contribution in [0.2, 0.25) is 0 Å². The van der Waals surface area contributed by atoms with Crippen molar-refractivity contribution in [2.75, 3.05) is 5.43 Å². The molecule has 0 aliphatic rings. The van der Waals surface area contributed by atoms with Crippen LogP contribution >= 0.6 is 11.3 Å². The van der Waals surface area contributed by atoms with Gasteiger partial charge in [0, 0.05) is 10.9 Å². The molecule has 1 heterocycles. The van der Waals surface area contributed by atoms with Gasteiger partial charge in [0.15, 0.2) is 10.7 Å². The zero-order chi connectivity index (χ0) is 18.6. The zero-order valence-corrected chi connectivity index (χ0v) is 14.0. The molecule has 3 aromatic rings. The van der Waals surface area contributed by atoms with Crippen molar-refractivity contribution in [2.45, 2.75) is 6.18 Å². The molecule has 130 valence electrons. The number of hydrogen-bond donors (Lipinski definition) is 1. The molecule has 1 N–H and O–H groups in total. The monoisotopic (exact) mass is 372 g/mol. The van der Waals surface area contributed by atoms with Crippen LogP contribution in [0.15, 0.2) is 65.1 Å². The summed E-state index contributed by atoms with van der Waals surface area (Å²) >= 11 is 1.24. The van der Waals surface area contributed by atoms with Crippen LogP contribution in [-0.4, -0.2) is 10.7 Å². The Bertz CT molecular complexity index is 972. The van der Waals surface area contributed by atoms with E-state index in [1.54, 1.807) is 5.38 Å². The summed E-state index contributed by atoms with van der Waals surface area (Å²) < 4.78 is 38.2. The number of nitrogens with one attached hydrogen (secondary N) is 1. The third kappa shape index (κ3) is 4.07. The van der Waals surface area contributed by atoms with Crippen LogP contribution in [0.5, 0.6) is 0 Å². The van der Waals surface area contributed by atoms with Crippen LogP contribution in [0.3, 0.4) is 0 Å². The minimum absolute atomic E-state index is 0.00501. The molecule has 0 atom stereocenters. The quantitative estimate of drug-likeness (QED) is 0.508. The van der Waals surface area contributed by atoms with Crippen molar-refractivity contribution < 1.29 is 13.2 Å². The standard InChI is InChI=1S/C18H11F3N4S/c19-18(20,21)13-7-4-8-14(9-13)24-25-15(10-22)17-23-16(11-26-17)12-5-2-1-3-6-12/h1-9,11,24H/b25-15+. The summed E-state index contributed by atoms with van der Waals surface area (Å²) in [5, 5.41) is 15.4. The number of rotatable bonds is 4. The molecular formula is C18H11F3N4S. The Morgan fingerprint density at radius 1 is 1.12 bits per heavy atom. The van der Waals surface area contributed by atoms with E-state index in [2.05, 4.69) is 15.5 Å². The molecule has 0 saturated heterocycles. The molecule has 0 aliphatic heterocycles.